The highest BCUT2D eigenvalue weighted by Gasteiger charge is 2.15. The fraction of sp³-hybridized carbons (Fsp3) is 0.500. The average molecular weight is 278 g/mol. The van der Waals surface area contributed by atoms with E-state index in [0.29, 0.717) is 30.3 Å². The topological polar surface area (TPSA) is 60.0 Å². The summed E-state index contributed by atoms with van der Waals surface area (Å²) in [6.07, 6.45) is 0. The van der Waals surface area contributed by atoms with Gasteiger partial charge in [-0.2, -0.15) is 0 Å². The van der Waals surface area contributed by atoms with Gasteiger partial charge in [-0.15, -0.1) is 12.4 Å². The standard InChI is InChI=1S/C12H19NO4.ClH/c1-15-10-5-4-9(8-13-6-7-14)11(16-2)12(10)17-3;/h4-5,13-14H,6-8H2,1-3H3;1H. The number of benzene rings is 1. The van der Waals surface area contributed by atoms with Crippen LogP contribution in [0.1, 0.15) is 5.56 Å². The first-order chi connectivity index (χ1) is 8.28. The van der Waals surface area contributed by atoms with Gasteiger partial charge in [0.2, 0.25) is 5.75 Å². The van der Waals surface area contributed by atoms with Gasteiger partial charge in [0, 0.05) is 18.7 Å². The van der Waals surface area contributed by atoms with E-state index in [-0.39, 0.29) is 19.0 Å². The van der Waals surface area contributed by atoms with Gasteiger partial charge in [0.15, 0.2) is 11.5 Å². The summed E-state index contributed by atoms with van der Waals surface area (Å²) in [5, 5.41) is 11.8. The summed E-state index contributed by atoms with van der Waals surface area (Å²) >= 11 is 0. The Bertz CT molecular complexity index is 360. The molecule has 0 amide bonds. The second-order valence-corrected chi connectivity index (χ2v) is 3.39. The molecular formula is C12H20ClNO4. The normalized spacial score (nSPS) is 9.56. The number of aliphatic hydroxyl groups is 1. The molecule has 1 rings (SSSR count). The molecule has 104 valence electrons. The maximum Gasteiger partial charge on any atom is 0.203 e. The predicted molar refractivity (Wildman–Crippen MR) is 72.1 cm³/mol. The van der Waals surface area contributed by atoms with Crippen molar-refractivity contribution in [2.45, 2.75) is 6.54 Å². The highest BCUT2D eigenvalue weighted by molar-refractivity contribution is 5.85. The number of halogens is 1. The molecule has 0 aromatic heterocycles. The molecule has 2 N–H and O–H groups in total. The molecule has 18 heavy (non-hydrogen) atoms. The van der Waals surface area contributed by atoms with Crippen LogP contribution in [0.2, 0.25) is 0 Å². The molecule has 0 radical (unpaired) electrons. The summed E-state index contributed by atoms with van der Waals surface area (Å²) in [5.41, 5.74) is 0.957. The molecule has 0 saturated carbocycles. The van der Waals surface area contributed by atoms with Crippen LogP contribution in [0, 0.1) is 0 Å². The third-order valence-electron chi connectivity index (χ3n) is 2.39. The number of nitrogens with one attached hydrogen (secondary N) is 1. The summed E-state index contributed by atoms with van der Waals surface area (Å²) in [6.45, 7) is 1.25. The number of aliphatic hydroxyl groups excluding tert-OH is 1. The predicted octanol–water partition coefficient (Wildman–Crippen LogP) is 1.22. The van der Waals surface area contributed by atoms with Crippen molar-refractivity contribution in [3.63, 3.8) is 0 Å². The van der Waals surface area contributed by atoms with Gasteiger partial charge in [-0.25, -0.2) is 0 Å². The van der Waals surface area contributed by atoms with Crippen LogP contribution in [0.25, 0.3) is 0 Å². The summed E-state index contributed by atoms with van der Waals surface area (Å²) in [4.78, 5) is 0. The smallest absolute Gasteiger partial charge is 0.203 e. The highest BCUT2D eigenvalue weighted by atomic mass is 35.5. The molecule has 0 aliphatic heterocycles. The molecule has 0 heterocycles. The number of methoxy groups -OCH3 is 3. The summed E-state index contributed by atoms with van der Waals surface area (Å²) in [5.74, 6) is 1.87. The number of hydrogen-bond acceptors (Lipinski definition) is 5. The molecule has 0 atom stereocenters. The van der Waals surface area contributed by atoms with Gasteiger partial charge >= 0.3 is 0 Å². The lowest BCUT2D eigenvalue weighted by Gasteiger charge is -2.15. The molecule has 0 aliphatic carbocycles. The van der Waals surface area contributed by atoms with Crippen LogP contribution in [-0.4, -0.2) is 39.6 Å². The Balaban J connectivity index is 0.00000289. The van der Waals surface area contributed by atoms with Gasteiger partial charge in [0.05, 0.1) is 27.9 Å². The Morgan fingerprint density at radius 1 is 1.06 bits per heavy atom. The highest BCUT2D eigenvalue weighted by Crippen LogP contribution is 2.39. The zero-order valence-electron chi connectivity index (χ0n) is 10.9. The van der Waals surface area contributed by atoms with Crippen molar-refractivity contribution in [1.82, 2.24) is 5.32 Å². The first-order valence-electron chi connectivity index (χ1n) is 5.37. The van der Waals surface area contributed by atoms with E-state index in [9.17, 15) is 0 Å². The summed E-state index contributed by atoms with van der Waals surface area (Å²) in [6, 6.07) is 3.74. The zero-order valence-corrected chi connectivity index (χ0v) is 11.7. The molecule has 0 fully saturated rings. The molecule has 5 nitrogen and oxygen atoms in total. The molecular weight excluding hydrogens is 258 g/mol. The number of ether oxygens (including phenoxy) is 3. The maximum atomic E-state index is 8.72. The van der Waals surface area contributed by atoms with Crippen LogP contribution in [0.5, 0.6) is 17.2 Å². The lowest BCUT2D eigenvalue weighted by Crippen LogP contribution is -2.18. The van der Waals surface area contributed by atoms with E-state index >= 15 is 0 Å². The quantitative estimate of drug-likeness (QED) is 0.734. The minimum absolute atomic E-state index is 0. The van der Waals surface area contributed by atoms with Crippen molar-refractivity contribution in [2.75, 3.05) is 34.5 Å². The van der Waals surface area contributed by atoms with E-state index in [1.54, 1.807) is 21.3 Å². The van der Waals surface area contributed by atoms with Gasteiger partial charge in [-0.05, 0) is 6.07 Å². The zero-order chi connectivity index (χ0) is 12.7. The van der Waals surface area contributed by atoms with Gasteiger partial charge in [0.25, 0.3) is 0 Å². The van der Waals surface area contributed by atoms with Gasteiger partial charge in [-0.3, -0.25) is 0 Å². The first kappa shape index (κ1) is 16.8. The molecule has 0 unspecified atom stereocenters. The van der Waals surface area contributed by atoms with Gasteiger partial charge < -0.3 is 24.6 Å². The second kappa shape index (κ2) is 8.85. The van der Waals surface area contributed by atoms with E-state index in [1.807, 2.05) is 12.1 Å². The van der Waals surface area contributed by atoms with E-state index in [0.717, 1.165) is 5.56 Å². The van der Waals surface area contributed by atoms with Crippen molar-refractivity contribution >= 4 is 12.4 Å². The number of rotatable bonds is 7. The van der Waals surface area contributed by atoms with Crippen molar-refractivity contribution in [3.05, 3.63) is 17.7 Å². The Morgan fingerprint density at radius 3 is 2.22 bits per heavy atom. The number of hydrogen-bond donors (Lipinski definition) is 2. The van der Waals surface area contributed by atoms with Crippen LogP contribution >= 0.6 is 12.4 Å². The van der Waals surface area contributed by atoms with Crippen LogP contribution < -0.4 is 19.5 Å². The largest absolute Gasteiger partial charge is 0.493 e. The monoisotopic (exact) mass is 277 g/mol. The third-order valence-corrected chi connectivity index (χ3v) is 2.39. The SMILES string of the molecule is COc1ccc(CNCCO)c(OC)c1OC.Cl. The van der Waals surface area contributed by atoms with Gasteiger partial charge in [-0.1, -0.05) is 6.07 Å². The molecule has 1 aromatic rings. The van der Waals surface area contributed by atoms with Gasteiger partial charge in [0.1, 0.15) is 0 Å². The van der Waals surface area contributed by atoms with Crippen molar-refractivity contribution in [2.24, 2.45) is 0 Å². The van der Waals surface area contributed by atoms with Crippen LogP contribution in [0.4, 0.5) is 0 Å². The fourth-order valence-electron chi connectivity index (χ4n) is 1.60. The lowest BCUT2D eigenvalue weighted by atomic mass is 10.1. The first-order valence-corrected chi connectivity index (χ1v) is 5.37. The summed E-state index contributed by atoms with van der Waals surface area (Å²) in [7, 11) is 4.75. The molecule has 0 spiro atoms. The van der Waals surface area contributed by atoms with E-state index in [2.05, 4.69) is 5.32 Å². The molecule has 6 heteroatoms. The van der Waals surface area contributed by atoms with E-state index in [1.165, 1.54) is 0 Å². The van der Waals surface area contributed by atoms with E-state index in [4.69, 9.17) is 19.3 Å². The van der Waals surface area contributed by atoms with Crippen LogP contribution in [-0.2, 0) is 6.54 Å². The molecule has 0 bridgehead atoms. The van der Waals surface area contributed by atoms with Crippen molar-refractivity contribution in [3.8, 4) is 17.2 Å². The van der Waals surface area contributed by atoms with Crippen molar-refractivity contribution in [1.29, 1.82) is 0 Å². The molecule has 1 aromatic carbocycles. The third kappa shape index (κ3) is 3.94. The Kier molecular flexibility index (Phi) is 8.28. The Labute approximate surface area is 113 Å². The minimum atomic E-state index is 0. The summed E-state index contributed by atoms with van der Waals surface area (Å²) < 4.78 is 15.8. The fourth-order valence-corrected chi connectivity index (χ4v) is 1.60. The molecule has 0 saturated heterocycles. The Morgan fingerprint density at radius 2 is 1.72 bits per heavy atom. The lowest BCUT2D eigenvalue weighted by molar-refractivity contribution is 0.290. The Hall–Kier alpha value is -1.17. The van der Waals surface area contributed by atoms with Crippen LogP contribution in [0.3, 0.4) is 0 Å². The van der Waals surface area contributed by atoms with E-state index < -0.39 is 0 Å². The molecule has 0 aliphatic rings. The average Bonchev–Trinajstić information content (AvgIpc) is 2.38. The van der Waals surface area contributed by atoms with Crippen LogP contribution in [0.15, 0.2) is 12.1 Å². The second-order valence-electron chi connectivity index (χ2n) is 3.39. The van der Waals surface area contributed by atoms with Crippen molar-refractivity contribution < 1.29 is 19.3 Å². The minimum Gasteiger partial charge on any atom is -0.493 e. The maximum absolute atomic E-state index is 8.72.